The summed E-state index contributed by atoms with van der Waals surface area (Å²) >= 11 is 0. The summed E-state index contributed by atoms with van der Waals surface area (Å²) in [4.78, 5) is 0. The predicted molar refractivity (Wildman–Crippen MR) is 166 cm³/mol. The zero-order valence-electron chi connectivity index (χ0n) is 24.1. The second kappa shape index (κ2) is 13.9. The van der Waals surface area contributed by atoms with Crippen molar-refractivity contribution in [2.24, 2.45) is 0 Å². The monoisotopic (exact) mass is 564 g/mol. The fraction of sp³-hybridized carbons (Fsp3) is 0.273. The molecule has 0 radical (unpaired) electrons. The van der Waals surface area contributed by atoms with Crippen molar-refractivity contribution in [3.8, 4) is 0 Å². The van der Waals surface area contributed by atoms with E-state index in [1.165, 1.54) is 10.4 Å². The summed E-state index contributed by atoms with van der Waals surface area (Å²) in [6.07, 6.45) is 0. The number of hydrogen-bond acceptors (Lipinski definition) is 1. The lowest BCUT2D eigenvalue weighted by molar-refractivity contribution is 0.108. The molecule has 0 bridgehead atoms. The normalized spacial score (nSPS) is 11.9. The molecule has 0 saturated carbocycles. The number of hydrogen-bond donors (Lipinski definition) is 0. The quantitative estimate of drug-likeness (QED) is 0.180. The highest BCUT2D eigenvalue weighted by atomic mass is 28.4. The largest absolute Gasteiger partial charge is 0.411 e. The van der Waals surface area contributed by atoms with Crippen LogP contribution in [-0.4, -0.2) is 23.8 Å². The van der Waals surface area contributed by atoms with Crippen LogP contribution in [0.2, 0.25) is 10.1 Å². The highest BCUT2D eigenvalue weighted by molar-refractivity contribution is 6.99. The molecule has 0 fully saturated rings. The molecule has 0 saturated heterocycles. The first-order valence-corrected chi connectivity index (χ1v) is 16.9. The maximum absolute atomic E-state index is 15.9. The van der Waals surface area contributed by atoms with E-state index >= 15 is 4.11 Å². The Morgan fingerprint density at radius 1 is 0.462 bits per heavy atom. The van der Waals surface area contributed by atoms with Gasteiger partial charge in [0.15, 0.2) is 0 Å². The van der Waals surface area contributed by atoms with E-state index in [1.807, 2.05) is 88.5 Å². The van der Waals surface area contributed by atoms with Gasteiger partial charge < -0.3 is 8.53 Å². The highest BCUT2D eigenvalue weighted by Crippen LogP contribution is 2.37. The fourth-order valence-corrected chi connectivity index (χ4v) is 13.1. The maximum atomic E-state index is 15.9. The van der Waals surface area contributed by atoms with Gasteiger partial charge in [0.05, 0.1) is 0 Å². The molecule has 0 amide bonds. The maximum Gasteiger partial charge on any atom is 0.313 e. The zero-order chi connectivity index (χ0) is 29.2. The Balaban J connectivity index is 0.000000258. The van der Waals surface area contributed by atoms with Crippen LogP contribution in [0.5, 0.6) is 0 Å². The first kappa shape index (κ1) is 32.3. The zero-order valence-corrected chi connectivity index (χ0v) is 26.1. The molecule has 0 unspecified atom stereocenters. The van der Waals surface area contributed by atoms with E-state index in [2.05, 4.69) is 81.4 Å². The molecule has 6 heteroatoms. The van der Waals surface area contributed by atoms with Gasteiger partial charge in [-0.3, -0.25) is 0 Å². The summed E-state index contributed by atoms with van der Waals surface area (Å²) in [5, 5.41) is 4.08. The summed E-state index contributed by atoms with van der Waals surface area (Å²) in [7, 11) is -3.57. The van der Waals surface area contributed by atoms with Crippen molar-refractivity contribution < 1.29 is 17.7 Å². The minimum atomic E-state index is -3.20. The van der Waals surface area contributed by atoms with Crippen molar-refractivity contribution in [2.45, 2.75) is 51.6 Å². The Kier molecular flexibility index (Phi) is 11.5. The number of rotatable bonds is 5. The average molecular weight is 565 g/mol. The van der Waals surface area contributed by atoms with Crippen LogP contribution in [0.15, 0.2) is 121 Å². The van der Waals surface area contributed by atoms with Crippen molar-refractivity contribution in [3.63, 3.8) is 0 Å². The van der Waals surface area contributed by atoms with Crippen LogP contribution in [0.4, 0.5) is 13.3 Å². The molecule has 4 aromatic rings. The van der Waals surface area contributed by atoms with Gasteiger partial charge in [-0.15, -0.1) is 0 Å². The molecule has 0 aliphatic rings. The van der Waals surface area contributed by atoms with Crippen molar-refractivity contribution >= 4 is 37.5 Å². The summed E-state index contributed by atoms with van der Waals surface area (Å²) in [5.74, 6) is 0. The SMILES string of the molecule is CC(C)(C)[Si]([18F])(c1ccccc1)c1ccccc1.CO[Si](c1ccccc1)(c1ccccc1)C(C)(C)C.F[18F]. The van der Waals surface area contributed by atoms with Gasteiger partial charge in [0.25, 0.3) is 8.32 Å². The average Bonchev–Trinajstić information content (AvgIpc) is 2.95. The van der Waals surface area contributed by atoms with Crippen LogP contribution in [0.25, 0.3) is 0 Å². The van der Waals surface area contributed by atoms with E-state index in [0.29, 0.717) is 0 Å². The van der Waals surface area contributed by atoms with Crippen molar-refractivity contribution in [3.05, 3.63) is 121 Å². The molecule has 0 aliphatic carbocycles. The van der Waals surface area contributed by atoms with Gasteiger partial charge in [-0.2, -0.15) is 0 Å². The van der Waals surface area contributed by atoms with Crippen molar-refractivity contribution in [1.82, 2.24) is 0 Å². The molecule has 0 atom stereocenters. The highest BCUT2D eigenvalue weighted by Gasteiger charge is 2.50. The first-order valence-electron chi connectivity index (χ1n) is 13.1. The second-order valence-electron chi connectivity index (χ2n) is 11.5. The van der Waals surface area contributed by atoms with Crippen LogP contribution in [-0.2, 0) is 4.43 Å². The Hall–Kier alpha value is -2.94. The summed E-state index contributed by atoms with van der Waals surface area (Å²) in [6, 6.07) is 40.6. The van der Waals surface area contributed by atoms with Gasteiger partial charge in [-0.05, 0) is 30.8 Å². The molecular formula is C33H41F3OSi2. The second-order valence-corrected chi connectivity index (χ2v) is 19.9. The van der Waals surface area contributed by atoms with E-state index in [4.69, 9.17) is 13.6 Å². The smallest absolute Gasteiger partial charge is 0.313 e. The molecule has 4 aromatic carbocycles. The third-order valence-electron chi connectivity index (χ3n) is 7.10. The Labute approximate surface area is 234 Å². The summed E-state index contributed by atoms with van der Waals surface area (Å²) in [6.45, 7) is 12.8. The standard InChI is InChI=1S/C17H22OSi.C16H19FSi.F2/c1-17(2,3)19(18-4,15-11-7-5-8-12-15)16-13-9-6-10-14-16;1-16(2,3)18(17,14-10-6-4-7-11-14)15-12-8-5-9-13-15;1-2/h5-14H,1-4H3;4-13H,1-3H3;/i;17-1;1-1. The van der Waals surface area contributed by atoms with Crippen molar-refractivity contribution in [1.29, 1.82) is 0 Å². The van der Waals surface area contributed by atoms with E-state index < -0.39 is 16.7 Å². The van der Waals surface area contributed by atoms with Crippen LogP contribution in [0, 0.1) is 0 Å². The lowest BCUT2D eigenvalue weighted by Crippen LogP contribution is -2.66. The van der Waals surface area contributed by atoms with Crippen LogP contribution in [0.1, 0.15) is 41.5 Å². The number of benzene rings is 4. The molecule has 1 nitrogen and oxygen atoms in total. The topological polar surface area (TPSA) is 9.23 Å². The van der Waals surface area contributed by atoms with Crippen LogP contribution >= 0.6 is 0 Å². The molecule has 0 spiro atoms. The van der Waals surface area contributed by atoms with Gasteiger partial charge in [0, 0.05) is 16.3 Å². The third kappa shape index (κ3) is 6.99. The lowest BCUT2D eigenvalue weighted by Gasteiger charge is -2.41. The van der Waals surface area contributed by atoms with Gasteiger partial charge in [-0.1, -0.05) is 163 Å². The molecule has 0 N–H and O–H groups in total. The van der Waals surface area contributed by atoms with Gasteiger partial charge in [0.2, 0.25) is 0 Å². The number of halogens is 3. The Morgan fingerprint density at radius 3 is 0.923 bits per heavy atom. The third-order valence-corrected chi connectivity index (χ3v) is 16.4. The van der Waals surface area contributed by atoms with Gasteiger partial charge in [0.1, 0.15) is 0 Å². The fourth-order valence-electron chi connectivity index (χ4n) is 5.29. The summed E-state index contributed by atoms with van der Waals surface area (Å²) < 4.78 is 38.1. The van der Waals surface area contributed by atoms with Gasteiger partial charge in [-0.25, -0.2) is 0 Å². The minimum Gasteiger partial charge on any atom is -0.411 e. The lowest BCUT2D eigenvalue weighted by atomic mass is 10.2. The molecule has 0 heterocycles. The predicted octanol–water partition coefficient (Wildman–Crippen LogP) is 7.55. The molecule has 4 rings (SSSR count). The van der Waals surface area contributed by atoms with E-state index in [-0.39, 0.29) is 10.1 Å². The van der Waals surface area contributed by atoms with Crippen LogP contribution < -0.4 is 20.7 Å². The first-order chi connectivity index (χ1) is 18.5. The molecule has 39 heavy (non-hydrogen) atoms. The van der Waals surface area contributed by atoms with E-state index in [9.17, 15) is 0 Å². The van der Waals surface area contributed by atoms with Crippen molar-refractivity contribution in [2.75, 3.05) is 7.11 Å². The van der Waals surface area contributed by atoms with Crippen LogP contribution in [0.3, 0.4) is 0 Å². The molecule has 208 valence electrons. The molecular weight excluding hydrogens is 524 g/mol. The summed E-state index contributed by atoms with van der Waals surface area (Å²) in [5.41, 5.74) is 0. The van der Waals surface area contributed by atoms with Gasteiger partial charge >= 0.3 is 8.41 Å². The molecule has 0 aliphatic heterocycles. The Bertz CT molecular complexity index is 1150. The van der Waals surface area contributed by atoms with E-state index in [1.54, 1.807) is 0 Å². The molecule has 0 aromatic heterocycles. The van der Waals surface area contributed by atoms with E-state index in [0.717, 1.165) is 10.4 Å². The minimum absolute atomic E-state index is 0.0878. The Morgan fingerprint density at radius 2 is 0.718 bits per heavy atom.